The summed E-state index contributed by atoms with van der Waals surface area (Å²) in [6, 6.07) is 1.49. The highest BCUT2D eigenvalue weighted by Gasteiger charge is 2.41. The molecule has 0 radical (unpaired) electrons. The molecule has 30 heavy (non-hydrogen) atoms. The average molecular weight is 467 g/mol. The summed E-state index contributed by atoms with van der Waals surface area (Å²) in [6.07, 6.45) is 3.28. The third-order valence-corrected chi connectivity index (χ3v) is 10.8. The van der Waals surface area contributed by atoms with Gasteiger partial charge in [0.1, 0.15) is 0 Å². The summed E-state index contributed by atoms with van der Waals surface area (Å²) in [5.74, 6) is 0.392. The molecule has 0 aliphatic heterocycles. The maximum absolute atomic E-state index is 5.98. The van der Waals surface area contributed by atoms with Gasteiger partial charge in [0.2, 0.25) is 0 Å². The SMILES string of the molecule is CCO[Si](CCCC(CCC[Si](OCC)(OCC)OCC)=C(N)N)(OCC)OCC. The zero-order valence-electron chi connectivity index (χ0n) is 20.1. The molecule has 0 saturated carbocycles. The molecule has 0 aromatic heterocycles. The summed E-state index contributed by atoms with van der Waals surface area (Å²) in [5, 5.41) is 0. The van der Waals surface area contributed by atoms with Crippen molar-refractivity contribution in [3.63, 3.8) is 0 Å². The van der Waals surface area contributed by atoms with Gasteiger partial charge in [-0.05, 0) is 72.8 Å². The number of hydrogen-bond donors (Lipinski definition) is 2. The molecular weight excluding hydrogens is 420 g/mol. The van der Waals surface area contributed by atoms with Crippen LogP contribution in [0, 0.1) is 0 Å². The molecule has 10 heteroatoms. The van der Waals surface area contributed by atoms with Crippen molar-refractivity contribution in [2.75, 3.05) is 39.6 Å². The molecule has 0 aromatic carbocycles. The summed E-state index contributed by atoms with van der Waals surface area (Å²) in [5.41, 5.74) is 13.0. The second kappa shape index (κ2) is 17.1. The van der Waals surface area contributed by atoms with Crippen LogP contribution < -0.4 is 11.5 Å². The van der Waals surface area contributed by atoms with Crippen molar-refractivity contribution < 1.29 is 26.6 Å². The van der Waals surface area contributed by atoms with Crippen LogP contribution in [-0.4, -0.2) is 57.3 Å². The standard InChI is InChI=1S/C20H46N2O6Si2/c1-7-23-29(24-8-2,25-9-3)17-13-15-19(20(21)22)16-14-18-30(26-10-4,27-11-5)28-12-6/h7-18,21-22H2,1-6H3. The summed E-state index contributed by atoms with van der Waals surface area (Å²) >= 11 is 0. The average Bonchev–Trinajstić information content (AvgIpc) is 2.68. The lowest BCUT2D eigenvalue weighted by atomic mass is 10.1. The first-order valence-corrected chi connectivity index (χ1v) is 15.3. The second-order valence-corrected chi connectivity index (χ2v) is 12.2. The van der Waals surface area contributed by atoms with E-state index in [4.69, 9.17) is 38.0 Å². The molecule has 0 bridgehead atoms. The fraction of sp³-hybridized carbons (Fsp3) is 0.900. The van der Waals surface area contributed by atoms with Gasteiger partial charge in [0.25, 0.3) is 0 Å². The molecule has 0 unspecified atom stereocenters. The largest absolute Gasteiger partial charge is 0.500 e. The minimum atomic E-state index is -2.65. The smallest absolute Gasteiger partial charge is 0.386 e. The van der Waals surface area contributed by atoms with Crippen LogP contribution in [0.3, 0.4) is 0 Å². The van der Waals surface area contributed by atoms with E-state index in [-0.39, 0.29) is 0 Å². The third kappa shape index (κ3) is 11.2. The molecule has 8 nitrogen and oxygen atoms in total. The van der Waals surface area contributed by atoms with Gasteiger partial charge in [-0.1, -0.05) is 0 Å². The Bertz CT molecular complexity index is 397. The van der Waals surface area contributed by atoms with E-state index in [0.29, 0.717) is 45.5 Å². The maximum Gasteiger partial charge on any atom is 0.500 e. The predicted molar refractivity (Wildman–Crippen MR) is 125 cm³/mol. The van der Waals surface area contributed by atoms with Gasteiger partial charge in [-0.15, -0.1) is 0 Å². The molecular formula is C20H46N2O6Si2. The van der Waals surface area contributed by atoms with Crippen molar-refractivity contribution in [2.24, 2.45) is 11.5 Å². The number of rotatable bonds is 20. The van der Waals surface area contributed by atoms with Crippen molar-refractivity contribution >= 4 is 17.6 Å². The van der Waals surface area contributed by atoms with Gasteiger partial charge in [0, 0.05) is 51.7 Å². The first kappa shape index (κ1) is 29.5. The van der Waals surface area contributed by atoms with Gasteiger partial charge in [-0.3, -0.25) is 0 Å². The minimum Gasteiger partial charge on any atom is -0.386 e. The van der Waals surface area contributed by atoms with Crippen molar-refractivity contribution in [3.8, 4) is 0 Å². The van der Waals surface area contributed by atoms with E-state index in [0.717, 1.165) is 43.3 Å². The molecule has 0 amide bonds. The Morgan fingerprint density at radius 2 is 0.800 bits per heavy atom. The molecule has 0 atom stereocenters. The number of hydrogen-bond acceptors (Lipinski definition) is 8. The first-order chi connectivity index (χ1) is 14.4. The molecule has 0 heterocycles. The highest BCUT2D eigenvalue weighted by Crippen LogP contribution is 2.26. The van der Waals surface area contributed by atoms with E-state index in [2.05, 4.69) is 0 Å². The Morgan fingerprint density at radius 1 is 0.533 bits per heavy atom. The number of nitrogens with two attached hydrogens (primary N) is 2. The van der Waals surface area contributed by atoms with Crippen LogP contribution in [0.15, 0.2) is 11.4 Å². The lowest BCUT2D eigenvalue weighted by Gasteiger charge is -2.29. The van der Waals surface area contributed by atoms with E-state index >= 15 is 0 Å². The van der Waals surface area contributed by atoms with Gasteiger partial charge in [0.05, 0.1) is 5.82 Å². The first-order valence-electron chi connectivity index (χ1n) is 11.4. The van der Waals surface area contributed by atoms with E-state index in [9.17, 15) is 0 Å². The minimum absolute atomic E-state index is 0.392. The Kier molecular flexibility index (Phi) is 16.9. The molecule has 0 fully saturated rings. The van der Waals surface area contributed by atoms with Gasteiger partial charge in [-0.25, -0.2) is 0 Å². The van der Waals surface area contributed by atoms with E-state index in [1.54, 1.807) is 0 Å². The highest BCUT2D eigenvalue weighted by molar-refractivity contribution is 6.61. The quantitative estimate of drug-likeness (QED) is 0.261. The second-order valence-electron chi connectivity index (χ2n) is 6.73. The fourth-order valence-corrected chi connectivity index (χ4v) is 8.68. The summed E-state index contributed by atoms with van der Waals surface area (Å²) < 4.78 is 35.6. The molecule has 180 valence electrons. The Balaban J connectivity index is 4.89. The van der Waals surface area contributed by atoms with E-state index in [1.165, 1.54) is 0 Å². The van der Waals surface area contributed by atoms with Crippen molar-refractivity contribution in [1.82, 2.24) is 0 Å². The maximum atomic E-state index is 5.98. The van der Waals surface area contributed by atoms with Gasteiger partial charge < -0.3 is 38.0 Å². The number of allylic oxidation sites excluding steroid dienone is 1. The van der Waals surface area contributed by atoms with Crippen LogP contribution in [-0.2, 0) is 26.6 Å². The zero-order valence-corrected chi connectivity index (χ0v) is 22.1. The molecule has 0 aromatic rings. The molecule has 0 aliphatic carbocycles. The summed E-state index contributed by atoms with van der Waals surface area (Å²) in [7, 11) is -5.30. The van der Waals surface area contributed by atoms with Gasteiger partial charge in [0.15, 0.2) is 0 Å². The summed E-state index contributed by atoms with van der Waals surface area (Å²) in [4.78, 5) is 0. The van der Waals surface area contributed by atoms with E-state index < -0.39 is 17.6 Å². The van der Waals surface area contributed by atoms with Crippen molar-refractivity contribution in [1.29, 1.82) is 0 Å². The topological polar surface area (TPSA) is 107 Å². The van der Waals surface area contributed by atoms with Crippen molar-refractivity contribution in [3.05, 3.63) is 11.4 Å². The van der Waals surface area contributed by atoms with Crippen LogP contribution >= 0.6 is 0 Å². The highest BCUT2D eigenvalue weighted by atomic mass is 28.4. The lowest BCUT2D eigenvalue weighted by Crippen LogP contribution is -2.46. The van der Waals surface area contributed by atoms with Gasteiger partial charge in [-0.2, -0.15) is 0 Å². The molecule has 0 spiro atoms. The lowest BCUT2D eigenvalue weighted by molar-refractivity contribution is 0.0703. The summed E-state index contributed by atoms with van der Waals surface area (Å²) in [6.45, 7) is 15.3. The zero-order chi connectivity index (χ0) is 22.9. The fourth-order valence-electron chi connectivity index (χ4n) is 3.45. The van der Waals surface area contributed by atoms with Crippen LogP contribution in [0.1, 0.15) is 67.2 Å². The van der Waals surface area contributed by atoms with Crippen molar-refractivity contribution in [2.45, 2.75) is 79.3 Å². The van der Waals surface area contributed by atoms with Crippen LogP contribution in [0.2, 0.25) is 12.1 Å². The molecule has 4 N–H and O–H groups in total. The molecule has 0 saturated heterocycles. The van der Waals surface area contributed by atoms with Crippen LogP contribution in [0.25, 0.3) is 0 Å². The molecule has 0 aliphatic rings. The monoisotopic (exact) mass is 466 g/mol. The third-order valence-electron chi connectivity index (χ3n) is 4.52. The Hall–Kier alpha value is -0.466. The van der Waals surface area contributed by atoms with E-state index in [1.807, 2.05) is 41.5 Å². The molecule has 0 rings (SSSR count). The predicted octanol–water partition coefficient (Wildman–Crippen LogP) is 3.77. The van der Waals surface area contributed by atoms with Gasteiger partial charge >= 0.3 is 17.6 Å². The van der Waals surface area contributed by atoms with Crippen LogP contribution in [0.5, 0.6) is 0 Å². The normalized spacial score (nSPS) is 12.3. The Morgan fingerprint density at radius 3 is 1.00 bits per heavy atom. The van der Waals surface area contributed by atoms with Crippen LogP contribution in [0.4, 0.5) is 0 Å². The Labute approximate surface area is 186 Å².